The highest BCUT2D eigenvalue weighted by Gasteiger charge is 2.13. The molecule has 0 aliphatic rings. The van der Waals surface area contributed by atoms with Gasteiger partial charge in [0.2, 0.25) is 0 Å². The van der Waals surface area contributed by atoms with E-state index in [1.165, 1.54) is 30.6 Å². The van der Waals surface area contributed by atoms with Gasteiger partial charge in [0.05, 0.1) is 0 Å². The Hall–Kier alpha value is -1.12. The van der Waals surface area contributed by atoms with E-state index in [1.807, 2.05) is 0 Å². The van der Waals surface area contributed by atoms with Crippen LogP contribution in [-0.2, 0) is 0 Å². The molecule has 0 aliphatic heterocycles. The molecule has 0 saturated heterocycles. The Labute approximate surface area is 152 Å². The molecule has 2 aromatic rings. The Morgan fingerprint density at radius 2 is 1.92 bits per heavy atom. The van der Waals surface area contributed by atoms with Gasteiger partial charge in [-0.05, 0) is 19.5 Å². The summed E-state index contributed by atoms with van der Waals surface area (Å²) < 4.78 is 0.949. The average molecular weight is 369 g/mol. The van der Waals surface area contributed by atoms with Crippen LogP contribution in [-0.4, -0.2) is 51.8 Å². The minimum absolute atomic E-state index is 0.541. The van der Waals surface area contributed by atoms with Gasteiger partial charge in [-0.15, -0.1) is 0 Å². The third-order valence-corrected chi connectivity index (χ3v) is 5.66. The number of thioether (sulfide) groups is 1. The van der Waals surface area contributed by atoms with Crippen molar-refractivity contribution in [3.8, 4) is 0 Å². The summed E-state index contributed by atoms with van der Waals surface area (Å²) in [4.78, 5) is 16.0. The summed E-state index contributed by atoms with van der Waals surface area (Å²) in [6, 6.07) is 0. The Morgan fingerprint density at radius 1 is 1.12 bits per heavy atom. The van der Waals surface area contributed by atoms with Gasteiger partial charge >= 0.3 is 0 Å². The minimum atomic E-state index is 0.541. The lowest BCUT2D eigenvalue weighted by Gasteiger charge is -2.18. The maximum atomic E-state index is 5.87. The van der Waals surface area contributed by atoms with Gasteiger partial charge in [-0.3, -0.25) is 0 Å². The number of nitrogens with one attached hydrogen (secondary N) is 1. The van der Waals surface area contributed by atoms with Crippen molar-refractivity contribution in [1.29, 1.82) is 0 Å². The van der Waals surface area contributed by atoms with Gasteiger partial charge in [0.15, 0.2) is 21.8 Å². The lowest BCUT2D eigenvalue weighted by Crippen LogP contribution is -2.28. The number of hydrogen-bond donors (Lipinski definition) is 2. The SMILES string of the molecule is CCCCCSc1nc(NCCN(CC)CC)c2sc(N)nc2n1. The van der Waals surface area contributed by atoms with Gasteiger partial charge in [-0.1, -0.05) is 56.7 Å². The first kappa shape index (κ1) is 19.2. The molecule has 3 N–H and O–H groups in total. The van der Waals surface area contributed by atoms with Crippen LogP contribution in [0.3, 0.4) is 0 Å². The number of hydrogen-bond acceptors (Lipinski definition) is 8. The van der Waals surface area contributed by atoms with Crippen molar-refractivity contribution < 1.29 is 0 Å². The van der Waals surface area contributed by atoms with E-state index < -0.39 is 0 Å². The summed E-state index contributed by atoms with van der Waals surface area (Å²) in [6.07, 6.45) is 3.65. The first-order valence-corrected chi connectivity index (χ1v) is 10.5. The molecule has 0 atom stereocenters. The molecule has 0 saturated carbocycles. The van der Waals surface area contributed by atoms with E-state index in [0.29, 0.717) is 10.8 Å². The monoisotopic (exact) mass is 368 g/mol. The fourth-order valence-electron chi connectivity index (χ4n) is 2.39. The largest absolute Gasteiger partial charge is 0.375 e. The van der Waals surface area contributed by atoms with Gasteiger partial charge in [-0.2, -0.15) is 0 Å². The number of rotatable bonds is 11. The van der Waals surface area contributed by atoms with E-state index in [2.05, 4.69) is 41.0 Å². The first-order chi connectivity index (χ1) is 11.7. The quantitative estimate of drug-likeness (QED) is 0.355. The van der Waals surface area contributed by atoms with Crippen molar-refractivity contribution in [3.63, 3.8) is 0 Å². The Bertz CT molecular complexity index is 626. The van der Waals surface area contributed by atoms with Gasteiger partial charge < -0.3 is 16.0 Å². The van der Waals surface area contributed by atoms with Crippen LogP contribution in [0, 0.1) is 0 Å². The van der Waals surface area contributed by atoms with Crippen molar-refractivity contribution in [2.24, 2.45) is 0 Å². The number of nitrogens with zero attached hydrogens (tertiary/aromatic N) is 4. The zero-order valence-corrected chi connectivity index (χ0v) is 16.5. The summed E-state index contributed by atoms with van der Waals surface area (Å²) in [5.41, 5.74) is 6.57. The third kappa shape index (κ3) is 5.46. The molecule has 0 fully saturated rings. The third-order valence-electron chi connectivity index (χ3n) is 3.84. The van der Waals surface area contributed by atoms with Crippen LogP contribution >= 0.6 is 23.1 Å². The number of fused-ring (bicyclic) bond motifs is 1. The van der Waals surface area contributed by atoms with E-state index >= 15 is 0 Å². The molecular formula is C16H28N6S2. The maximum absolute atomic E-state index is 5.87. The molecule has 6 nitrogen and oxygen atoms in total. The van der Waals surface area contributed by atoms with E-state index in [4.69, 9.17) is 10.7 Å². The van der Waals surface area contributed by atoms with Gasteiger partial charge in [0.1, 0.15) is 4.70 Å². The van der Waals surface area contributed by atoms with Crippen LogP contribution in [0.5, 0.6) is 0 Å². The molecule has 2 rings (SSSR count). The van der Waals surface area contributed by atoms with Crippen molar-refractivity contribution in [2.75, 3.05) is 43.0 Å². The van der Waals surface area contributed by atoms with Crippen LogP contribution in [0.2, 0.25) is 0 Å². The van der Waals surface area contributed by atoms with Gasteiger partial charge in [-0.25, -0.2) is 15.0 Å². The summed E-state index contributed by atoms with van der Waals surface area (Å²) in [7, 11) is 0. The van der Waals surface area contributed by atoms with E-state index in [1.54, 1.807) is 11.8 Å². The fraction of sp³-hybridized carbons (Fsp3) is 0.688. The molecule has 0 radical (unpaired) electrons. The fourth-order valence-corrected chi connectivity index (χ4v) is 3.97. The molecule has 0 amide bonds. The summed E-state index contributed by atoms with van der Waals surface area (Å²) in [5.74, 6) is 1.90. The second-order valence-electron chi connectivity index (χ2n) is 5.57. The first-order valence-electron chi connectivity index (χ1n) is 8.70. The average Bonchev–Trinajstić information content (AvgIpc) is 2.96. The van der Waals surface area contributed by atoms with Gasteiger partial charge in [0.25, 0.3) is 0 Å². The van der Waals surface area contributed by atoms with Crippen molar-refractivity contribution in [3.05, 3.63) is 0 Å². The van der Waals surface area contributed by atoms with Crippen LogP contribution in [0.25, 0.3) is 10.3 Å². The molecule has 2 heterocycles. The number of likely N-dealkylation sites (N-methyl/N-ethyl adjacent to an activating group) is 1. The highest BCUT2D eigenvalue weighted by Crippen LogP contribution is 2.30. The molecule has 0 aliphatic carbocycles. The standard InChI is InChI=1S/C16H28N6S2/c1-4-7-8-11-23-16-20-13(18-9-10-22(5-2)6-3)12-14(21-16)19-15(17)24-12/h4-11H2,1-3H3,(H3,17,18,19,20,21). The highest BCUT2D eigenvalue weighted by molar-refractivity contribution is 7.99. The molecule has 0 bridgehead atoms. The number of aromatic nitrogens is 3. The number of thiazole rings is 1. The predicted molar refractivity (Wildman–Crippen MR) is 106 cm³/mol. The molecular weight excluding hydrogens is 340 g/mol. The van der Waals surface area contributed by atoms with Crippen LogP contribution in [0.4, 0.5) is 10.9 Å². The molecule has 8 heteroatoms. The summed E-state index contributed by atoms with van der Waals surface area (Å²) in [5, 5.41) is 4.78. The van der Waals surface area contributed by atoms with Crippen molar-refractivity contribution in [2.45, 2.75) is 45.2 Å². The van der Waals surface area contributed by atoms with E-state index in [-0.39, 0.29) is 0 Å². The Morgan fingerprint density at radius 3 is 2.62 bits per heavy atom. The molecule has 24 heavy (non-hydrogen) atoms. The second kappa shape index (κ2) is 10.0. The number of unbranched alkanes of at least 4 members (excludes halogenated alkanes) is 2. The molecule has 0 unspecified atom stereocenters. The molecule has 0 aromatic carbocycles. The lowest BCUT2D eigenvalue weighted by molar-refractivity contribution is 0.316. The second-order valence-corrected chi connectivity index (χ2v) is 7.66. The smallest absolute Gasteiger partial charge is 0.191 e. The van der Waals surface area contributed by atoms with E-state index in [0.717, 1.165) is 47.6 Å². The predicted octanol–water partition coefficient (Wildman–Crippen LogP) is 3.70. The Kier molecular flexibility index (Phi) is 8.01. The van der Waals surface area contributed by atoms with Crippen LogP contribution in [0.15, 0.2) is 5.16 Å². The maximum Gasteiger partial charge on any atom is 0.191 e. The summed E-state index contributed by atoms with van der Waals surface area (Å²) in [6.45, 7) is 10.5. The number of nitrogen functional groups attached to an aromatic ring is 1. The topological polar surface area (TPSA) is 80.0 Å². The Balaban J connectivity index is 2.07. The zero-order valence-electron chi connectivity index (χ0n) is 14.8. The normalized spacial score (nSPS) is 11.5. The van der Waals surface area contributed by atoms with Crippen LogP contribution < -0.4 is 11.1 Å². The van der Waals surface area contributed by atoms with Crippen molar-refractivity contribution >= 4 is 44.4 Å². The van der Waals surface area contributed by atoms with Crippen molar-refractivity contribution in [1.82, 2.24) is 19.9 Å². The highest BCUT2D eigenvalue weighted by atomic mass is 32.2. The number of nitrogens with two attached hydrogens (primary N) is 1. The molecule has 0 spiro atoms. The minimum Gasteiger partial charge on any atom is -0.375 e. The summed E-state index contributed by atoms with van der Waals surface area (Å²) >= 11 is 3.14. The van der Waals surface area contributed by atoms with E-state index in [9.17, 15) is 0 Å². The zero-order chi connectivity index (χ0) is 17.4. The molecule has 134 valence electrons. The van der Waals surface area contributed by atoms with Crippen LogP contribution in [0.1, 0.15) is 40.0 Å². The number of anilines is 2. The molecule has 2 aromatic heterocycles. The van der Waals surface area contributed by atoms with Gasteiger partial charge in [0, 0.05) is 18.8 Å². The lowest BCUT2D eigenvalue weighted by atomic mass is 10.3.